The Morgan fingerprint density at radius 1 is 0.970 bits per heavy atom. The number of urea groups is 1. The molecule has 1 aliphatic heterocycles. The lowest BCUT2D eigenvalue weighted by atomic mass is 9.88. The van der Waals surface area contributed by atoms with E-state index in [2.05, 4.69) is 39.9 Å². The van der Waals surface area contributed by atoms with E-state index < -0.39 is 17.5 Å². The lowest BCUT2D eigenvalue weighted by Gasteiger charge is -2.21. The highest BCUT2D eigenvalue weighted by atomic mass is 16.2. The third-order valence-corrected chi connectivity index (χ3v) is 5.91. The topological polar surface area (TPSA) is 91.4 Å². The van der Waals surface area contributed by atoms with E-state index in [0.29, 0.717) is 18.7 Å². The number of amides is 4. The van der Waals surface area contributed by atoms with Gasteiger partial charge >= 0.3 is 6.03 Å². The minimum atomic E-state index is -1.29. The molecular weight excluding hydrogens is 416 g/mol. The number of nitrogens with one attached hydrogen (secondary N) is 2. The van der Waals surface area contributed by atoms with E-state index in [1.807, 2.05) is 36.4 Å². The van der Waals surface area contributed by atoms with Crippen LogP contribution >= 0.6 is 0 Å². The summed E-state index contributed by atoms with van der Waals surface area (Å²) in [5, 5.41) is 5.52. The van der Waals surface area contributed by atoms with Gasteiger partial charge in [0.1, 0.15) is 6.54 Å². The number of imide groups is 1. The lowest BCUT2D eigenvalue weighted by molar-refractivity contribution is -0.134. The van der Waals surface area contributed by atoms with Crippen molar-refractivity contribution < 1.29 is 14.4 Å². The maximum absolute atomic E-state index is 12.9. The van der Waals surface area contributed by atoms with Crippen molar-refractivity contribution in [1.29, 1.82) is 0 Å². The summed E-state index contributed by atoms with van der Waals surface area (Å²) < 4.78 is 0. The second-order valence-electron chi connectivity index (χ2n) is 8.17. The molecular formula is C26H26N4O3. The van der Waals surface area contributed by atoms with E-state index in [4.69, 9.17) is 0 Å². The predicted molar refractivity (Wildman–Crippen MR) is 124 cm³/mol. The Morgan fingerprint density at radius 3 is 2.15 bits per heavy atom. The van der Waals surface area contributed by atoms with Gasteiger partial charge in [-0.1, -0.05) is 66.7 Å². The quantitative estimate of drug-likeness (QED) is 0.524. The van der Waals surface area contributed by atoms with Crippen LogP contribution in [-0.2, 0) is 15.1 Å². The summed E-state index contributed by atoms with van der Waals surface area (Å²) in [5.41, 5.74) is 1.47. The second-order valence-corrected chi connectivity index (χ2v) is 8.17. The van der Waals surface area contributed by atoms with Gasteiger partial charge in [-0.15, -0.1) is 0 Å². The van der Waals surface area contributed by atoms with Crippen molar-refractivity contribution in [3.8, 4) is 0 Å². The van der Waals surface area contributed by atoms with Crippen LogP contribution < -0.4 is 10.6 Å². The number of aromatic nitrogens is 1. The van der Waals surface area contributed by atoms with Crippen molar-refractivity contribution in [2.45, 2.75) is 24.8 Å². The summed E-state index contributed by atoms with van der Waals surface area (Å²) >= 11 is 0. The van der Waals surface area contributed by atoms with Gasteiger partial charge < -0.3 is 10.6 Å². The van der Waals surface area contributed by atoms with Crippen molar-refractivity contribution >= 4 is 17.8 Å². The summed E-state index contributed by atoms with van der Waals surface area (Å²) in [4.78, 5) is 43.1. The fourth-order valence-electron chi connectivity index (χ4n) is 4.12. The van der Waals surface area contributed by atoms with E-state index in [1.54, 1.807) is 31.3 Å². The number of carbonyl (C=O) groups is 3. The molecule has 3 aromatic rings. The number of carbonyl (C=O) groups excluding carboxylic acids is 3. The Balaban J connectivity index is 1.38. The van der Waals surface area contributed by atoms with Crippen molar-refractivity contribution in [1.82, 2.24) is 20.5 Å². The van der Waals surface area contributed by atoms with Gasteiger partial charge in [0.2, 0.25) is 5.91 Å². The number of benzene rings is 2. The maximum Gasteiger partial charge on any atom is 0.325 e. The molecule has 0 bridgehead atoms. The van der Waals surface area contributed by atoms with Crippen LogP contribution in [0.25, 0.3) is 0 Å². The third-order valence-electron chi connectivity index (χ3n) is 5.91. The molecule has 33 heavy (non-hydrogen) atoms. The van der Waals surface area contributed by atoms with Crippen molar-refractivity contribution in [3.05, 3.63) is 102 Å². The van der Waals surface area contributed by atoms with E-state index in [1.165, 1.54) is 0 Å². The van der Waals surface area contributed by atoms with Gasteiger partial charge in [-0.2, -0.15) is 0 Å². The van der Waals surface area contributed by atoms with Crippen LogP contribution in [0.4, 0.5) is 4.79 Å². The zero-order valence-corrected chi connectivity index (χ0v) is 18.4. The van der Waals surface area contributed by atoms with Crippen LogP contribution in [0.1, 0.15) is 36.1 Å². The largest absolute Gasteiger partial charge is 0.355 e. The van der Waals surface area contributed by atoms with Crippen molar-refractivity contribution in [3.63, 3.8) is 0 Å². The first-order valence-electron chi connectivity index (χ1n) is 10.9. The normalized spacial score (nSPS) is 17.8. The molecule has 168 valence electrons. The van der Waals surface area contributed by atoms with Crippen LogP contribution in [0, 0.1) is 0 Å². The molecule has 2 aromatic carbocycles. The smallest absolute Gasteiger partial charge is 0.325 e. The second kappa shape index (κ2) is 9.65. The molecule has 7 heteroatoms. The van der Waals surface area contributed by atoms with Gasteiger partial charge in [0.25, 0.3) is 5.91 Å². The molecule has 1 unspecified atom stereocenters. The third kappa shape index (κ3) is 4.77. The van der Waals surface area contributed by atoms with Gasteiger partial charge in [0, 0.05) is 18.7 Å². The molecule has 1 saturated heterocycles. The number of hydrogen-bond acceptors (Lipinski definition) is 4. The average Bonchev–Trinajstić information content (AvgIpc) is 3.07. The van der Waals surface area contributed by atoms with Crippen LogP contribution in [0.5, 0.6) is 0 Å². The number of nitrogens with zero attached hydrogens (tertiary/aromatic N) is 2. The number of rotatable bonds is 8. The first kappa shape index (κ1) is 22.2. The highest BCUT2D eigenvalue weighted by Crippen LogP contribution is 2.28. The summed E-state index contributed by atoms with van der Waals surface area (Å²) in [6.07, 6.45) is 2.25. The van der Waals surface area contributed by atoms with Crippen LogP contribution in [0.2, 0.25) is 0 Å². The molecule has 1 aliphatic rings. The maximum atomic E-state index is 12.9. The van der Waals surface area contributed by atoms with Crippen LogP contribution in [0.3, 0.4) is 0 Å². The molecule has 1 fully saturated rings. The Morgan fingerprint density at radius 2 is 1.58 bits per heavy atom. The lowest BCUT2D eigenvalue weighted by Crippen LogP contribution is -2.43. The zero-order valence-electron chi connectivity index (χ0n) is 18.4. The van der Waals surface area contributed by atoms with E-state index in [-0.39, 0.29) is 18.4 Å². The molecule has 0 aliphatic carbocycles. The fraction of sp³-hybridized carbons (Fsp3) is 0.231. The molecule has 1 atom stereocenters. The average molecular weight is 443 g/mol. The van der Waals surface area contributed by atoms with Gasteiger partial charge in [-0.25, -0.2) is 4.79 Å². The summed E-state index contributed by atoms with van der Waals surface area (Å²) in [6, 6.07) is 24.8. The molecule has 1 aromatic heterocycles. The monoisotopic (exact) mass is 442 g/mol. The molecule has 0 spiro atoms. The first-order valence-corrected chi connectivity index (χ1v) is 10.9. The molecule has 0 radical (unpaired) electrons. The minimum Gasteiger partial charge on any atom is -0.355 e. The number of pyridine rings is 1. The van der Waals surface area contributed by atoms with Crippen molar-refractivity contribution in [2.24, 2.45) is 0 Å². The van der Waals surface area contributed by atoms with E-state index in [0.717, 1.165) is 16.0 Å². The molecule has 4 amide bonds. The Hall–Kier alpha value is -4.00. The zero-order chi connectivity index (χ0) is 23.3. The Bertz CT molecular complexity index is 1080. The SMILES string of the molecule is CC1(c2ccccn2)NC(=O)N(CC(=O)NCCC(c2ccccc2)c2ccccc2)C1=O. The Labute approximate surface area is 192 Å². The first-order chi connectivity index (χ1) is 16.0. The van der Waals surface area contributed by atoms with E-state index >= 15 is 0 Å². The summed E-state index contributed by atoms with van der Waals surface area (Å²) in [7, 11) is 0. The minimum absolute atomic E-state index is 0.122. The van der Waals surface area contributed by atoms with Gasteiger partial charge in [0.15, 0.2) is 5.54 Å². The van der Waals surface area contributed by atoms with Crippen molar-refractivity contribution in [2.75, 3.05) is 13.1 Å². The number of hydrogen-bond donors (Lipinski definition) is 2. The molecule has 2 N–H and O–H groups in total. The van der Waals surface area contributed by atoms with Gasteiger partial charge in [0.05, 0.1) is 5.69 Å². The molecule has 0 saturated carbocycles. The van der Waals surface area contributed by atoms with Gasteiger partial charge in [-0.3, -0.25) is 19.5 Å². The Kier molecular flexibility index (Phi) is 6.49. The van der Waals surface area contributed by atoms with Crippen LogP contribution in [-0.4, -0.2) is 40.8 Å². The van der Waals surface area contributed by atoms with Crippen LogP contribution in [0.15, 0.2) is 85.1 Å². The summed E-state index contributed by atoms with van der Waals surface area (Å²) in [6.45, 7) is 1.67. The highest BCUT2D eigenvalue weighted by molar-refractivity contribution is 6.08. The molecule has 4 rings (SSSR count). The molecule has 2 heterocycles. The van der Waals surface area contributed by atoms with E-state index in [9.17, 15) is 14.4 Å². The summed E-state index contributed by atoms with van der Waals surface area (Å²) in [5.74, 6) is -0.756. The molecule has 7 nitrogen and oxygen atoms in total. The predicted octanol–water partition coefficient (Wildman–Crippen LogP) is 3.19. The fourth-order valence-corrected chi connectivity index (χ4v) is 4.12. The standard InChI is InChI=1S/C26H26N4O3/c1-26(22-14-8-9-16-27-22)24(32)30(25(33)29-26)18-23(31)28-17-15-21(19-10-4-2-5-11-19)20-12-6-3-7-13-20/h2-14,16,21H,15,17-18H2,1H3,(H,28,31)(H,29,33). The highest BCUT2D eigenvalue weighted by Gasteiger charge is 2.50. The van der Waals surface area contributed by atoms with Gasteiger partial charge in [-0.05, 0) is 36.6 Å².